The Morgan fingerprint density at radius 1 is 1.16 bits per heavy atom. The van der Waals surface area contributed by atoms with Gasteiger partial charge in [-0.3, -0.25) is 0 Å². The van der Waals surface area contributed by atoms with E-state index in [0.717, 1.165) is 25.7 Å². The fourth-order valence-corrected chi connectivity index (χ4v) is 4.92. The number of nitrogens with two attached hydrogens (primary N) is 1. The predicted octanol–water partition coefficient (Wildman–Crippen LogP) is 2.25. The summed E-state index contributed by atoms with van der Waals surface area (Å²) >= 11 is 0. The van der Waals surface area contributed by atoms with Gasteiger partial charge in [0.25, 0.3) is 0 Å². The lowest BCUT2D eigenvalue weighted by Gasteiger charge is -2.30. The van der Waals surface area contributed by atoms with Gasteiger partial charge in [-0.2, -0.15) is 0 Å². The summed E-state index contributed by atoms with van der Waals surface area (Å²) in [6, 6.07) is -0.0698. The summed E-state index contributed by atoms with van der Waals surface area (Å²) in [5.41, 5.74) is 5.78. The van der Waals surface area contributed by atoms with Crippen LogP contribution in [0.1, 0.15) is 58.8 Å². The van der Waals surface area contributed by atoms with Gasteiger partial charge in [0.1, 0.15) is 0 Å². The molecule has 0 radical (unpaired) electrons. The number of sulfonamides is 1. The van der Waals surface area contributed by atoms with Gasteiger partial charge in [0.05, 0.1) is 5.75 Å². The molecule has 0 spiro atoms. The average molecular weight is 290 g/mol. The SMILES string of the molecule is CCC(CC)CS(=O)(=O)NC(CN)C1CCCCC1. The Morgan fingerprint density at radius 3 is 2.21 bits per heavy atom. The van der Waals surface area contributed by atoms with E-state index in [-0.39, 0.29) is 17.7 Å². The van der Waals surface area contributed by atoms with E-state index in [1.54, 1.807) is 0 Å². The molecular formula is C14H30N2O2S. The summed E-state index contributed by atoms with van der Waals surface area (Å²) < 4.78 is 27.3. The Morgan fingerprint density at radius 2 is 1.74 bits per heavy atom. The quantitative estimate of drug-likeness (QED) is 0.720. The molecule has 1 atom stereocenters. The van der Waals surface area contributed by atoms with E-state index >= 15 is 0 Å². The van der Waals surface area contributed by atoms with Gasteiger partial charge in [-0.05, 0) is 24.7 Å². The molecule has 1 saturated carbocycles. The van der Waals surface area contributed by atoms with Crippen molar-refractivity contribution in [1.29, 1.82) is 0 Å². The van der Waals surface area contributed by atoms with Gasteiger partial charge in [-0.15, -0.1) is 0 Å². The molecule has 1 aliphatic carbocycles. The van der Waals surface area contributed by atoms with Crippen molar-refractivity contribution < 1.29 is 8.42 Å². The van der Waals surface area contributed by atoms with Crippen LogP contribution in [0.4, 0.5) is 0 Å². The Bertz CT molecular complexity index is 333. The van der Waals surface area contributed by atoms with Gasteiger partial charge >= 0.3 is 0 Å². The van der Waals surface area contributed by atoms with Gasteiger partial charge in [-0.25, -0.2) is 13.1 Å². The van der Waals surface area contributed by atoms with Crippen LogP contribution >= 0.6 is 0 Å². The summed E-state index contributed by atoms with van der Waals surface area (Å²) in [6.45, 7) is 4.50. The van der Waals surface area contributed by atoms with Crippen LogP contribution in [0.3, 0.4) is 0 Å². The van der Waals surface area contributed by atoms with Crippen LogP contribution in [-0.2, 0) is 10.0 Å². The molecular weight excluding hydrogens is 260 g/mol. The average Bonchev–Trinajstić information content (AvgIpc) is 2.43. The molecule has 1 fully saturated rings. The maximum absolute atomic E-state index is 12.2. The first-order valence-electron chi connectivity index (χ1n) is 7.72. The zero-order chi connectivity index (χ0) is 14.3. The van der Waals surface area contributed by atoms with E-state index in [0.29, 0.717) is 12.5 Å². The maximum atomic E-state index is 12.2. The zero-order valence-electron chi connectivity index (χ0n) is 12.4. The Balaban J connectivity index is 2.57. The van der Waals surface area contributed by atoms with E-state index in [9.17, 15) is 8.42 Å². The van der Waals surface area contributed by atoms with Gasteiger partial charge < -0.3 is 5.73 Å². The number of rotatable bonds is 8. The lowest BCUT2D eigenvalue weighted by atomic mass is 9.84. The van der Waals surface area contributed by atoms with E-state index < -0.39 is 10.0 Å². The molecule has 0 aliphatic heterocycles. The van der Waals surface area contributed by atoms with Crippen LogP contribution in [0.2, 0.25) is 0 Å². The number of hydrogen-bond donors (Lipinski definition) is 2. The highest BCUT2D eigenvalue weighted by molar-refractivity contribution is 7.89. The summed E-state index contributed by atoms with van der Waals surface area (Å²) in [6.07, 6.45) is 7.71. The zero-order valence-corrected chi connectivity index (χ0v) is 13.2. The molecule has 4 nitrogen and oxygen atoms in total. The fourth-order valence-electron chi connectivity index (χ4n) is 2.99. The summed E-state index contributed by atoms with van der Waals surface area (Å²) in [5, 5.41) is 0. The minimum Gasteiger partial charge on any atom is -0.329 e. The summed E-state index contributed by atoms with van der Waals surface area (Å²) in [7, 11) is -3.20. The van der Waals surface area contributed by atoms with Crippen LogP contribution in [0.5, 0.6) is 0 Å². The first-order valence-corrected chi connectivity index (χ1v) is 9.37. The minimum atomic E-state index is -3.20. The van der Waals surface area contributed by atoms with E-state index in [1.165, 1.54) is 19.3 Å². The molecule has 19 heavy (non-hydrogen) atoms. The van der Waals surface area contributed by atoms with Crippen LogP contribution in [0.15, 0.2) is 0 Å². The second-order valence-corrected chi connectivity index (χ2v) is 7.62. The van der Waals surface area contributed by atoms with E-state index in [2.05, 4.69) is 4.72 Å². The van der Waals surface area contributed by atoms with Crippen LogP contribution < -0.4 is 10.5 Å². The van der Waals surface area contributed by atoms with Crippen molar-refractivity contribution in [3.8, 4) is 0 Å². The van der Waals surface area contributed by atoms with Crippen LogP contribution in [0.25, 0.3) is 0 Å². The molecule has 3 N–H and O–H groups in total. The molecule has 0 aromatic rings. The highest BCUT2D eigenvalue weighted by atomic mass is 32.2. The molecule has 0 heterocycles. The highest BCUT2D eigenvalue weighted by Gasteiger charge is 2.27. The monoisotopic (exact) mass is 290 g/mol. The normalized spacial score (nSPS) is 19.8. The molecule has 1 aliphatic rings. The Kier molecular flexibility index (Phi) is 7.32. The lowest BCUT2D eigenvalue weighted by Crippen LogP contribution is -2.47. The first kappa shape index (κ1) is 16.9. The van der Waals surface area contributed by atoms with Crippen molar-refractivity contribution in [2.24, 2.45) is 17.6 Å². The van der Waals surface area contributed by atoms with Crippen molar-refractivity contribution in [3.63, 3.8) is 0 Å². The second-order valence-electron chi connectivity index (χ2n) is 5.82. The molecule has 5 heteroatoms. The van der Waals surface area contributed by atoms with Crippen molar-refractivity contribution >= 4 is 10.0 Å². The number of nitrogens with one attached hydrogen (secondary N) is 1. The molecule has 0 bridgehead atoms. The first-order chi connectivity index (χ1) is 9.02. The topological polar surface area (TPSA) is 72.2 Å². The van der Waals surface area contributed by atoms with Gasteiger partial charge in [0, 0.05) is 12.6 Å². The third-order valence-electron chi connectivity index (χ3n) is 4.41. The third-order valence-corrected chi connectivity index (χ3v) is 5.99. The van der Waals surface area contributed by atoms with Gasteiger partial charge in [0.2, 0.25) is 10.0 Å². The summed E-state index contributed by atoms with van der Waals surface area (Å²) in [4.78, 5) is 0. The van der Waals surface area contributed by atoms with Crippen molar-refractivity contribution in [2.45, 2.75) is 64.8 Å². The van der Waals surface area contributed by atoms with Crippen LogP contribution in [-0.4, -0.2) is 26.8 Å². The third kappa shape index (κ3) is 5.79. The Hall–Kier alpha value is -0.130. The predicted molar refractivity (Wildman–Crippen MR) is 80.4 cm³/mol. The van der Waals surface area contributed by atoms with Crippen molar-refractivity contribution in [2.75, 3.05) is 12.3 Å². The van der Waals surface area contributed by atoms with E-state index in [1.807, 2.05) is 13.8 Å². The molecule has 1 unspecified atom stereocenters. The fraction of sp³-hybridized carbons (Fsp3) is 1.00. The lowest BCUT2D eigenvalue weighted by molar-refractivity contribution is 0.293. The number of hydrogen-bond acceptors (Lipinski definition) is 3. The smallest absolute Gasteiger partial charge is 0.212 e. The molecule has 1 rings (SSSR count). The molecule has 0 amide bonds. The molecule has 0 aromatic carbocycles. The standard InChI is InChI=1S/C14H30N2O2S/c1-3-12(4-2)11-19(17,18)16-14(10-15)13-8-6-5-7-9-13/h12-14,16H,3-11,15H2,1-2H3. The molecule has 0 aromatic heterocycles. The van der Waals surface area contributed by atoms with Crippen LogP contribution in [0, 0.1) is 11.8 Å². The highest BCUT2D eigenvalue weighted by Crippen LogP contribution is 2.26. The largest absolute Gasteiger partial charge is 0.329 e. The Labute approximate surface area is 118 Å². The van der Waals surface area contributed by atoms with Gasteiger partial charge in [0.15, 0.2) is 0 Å². The van der Waals surface area contributed by atoms with E-state index in [4.69, 9.17) is 5.73 Å². The minimum absolute atomic E-state index is 0.0698. The second kappa shape index (κ2) is 8.22. The molecule has 0 saturated heterocycles. The van der Waals surface area contributed by atoms with Crippen molar-refractivity contribution in [1.82, 2.24) is 4.72 Å². The summed E-state index contributed by atoms with van der Waals surface area (Å²) in [5.74, 6) is 0.918. The van der Waals surface area contributed by atoms with Gasteiger partial charge in [-0.1, -0.05) is 46.0 Å². The maximum Gasteiger partial charge on any atom is 0.212 e. The van der Waals surface area contributed by atoms with Crippen molar-refractivity contribution in [3.05, 3.63) is 0 Å². The molecule has 114 valence electrons.